The summed E-state index contributed by atoms with van der Waals surface area (Å²) in [6.07, 6.45) is 8.76. The third-order valence-electron chi connectivity index (χ3n) is 3.80. The van der Waals surface area contributed by atoms with E-state index in [9.17, 15) is 9.59 Å². The fourth-order valence-electron chi connectivity index (χ4n) is 2.73. The lowest BCUT2D eigenvalue weighted by atomic mass is 10.0. The third-order valence-corrected chi connectivity index (χ3v) is 3.80. The second kappa shape index (κ2) is 7.03. The number of aromatic carboxylic acids is 1. The van der Waals surface area contributed by atoms with Gasteiger partial charge in [-0.1, -0.05) is 25.7 Å². The number of nitrogens with zero attached hydrogens (tertiary/aromatic N) is 1. The van der Waals surface area contributed by atoms with Gasteiger partial charge in [0.1, 0.15) is 5.69 Å². The molecule has 2 rings (SSSR count). The first-order chi connectivity index (χ1) is 9.68. The van der Waals surface area contributed by atoms with Gasteiger partial charge in [-0.2, -0.15) is 0 Å². The summed E-state index contributed by atoms with van der Waals surface area (Å²) in [6, 6.07) is 2.91. The number of carbonyl (C=O) groups excluding carboxylic acids is 1. The van der Waals surface area contributed by atoms with Crippen LogP contribution in [0.3, 0.4) is 0 Å². The van der Waals surface area contributed by atoms with Crippen LogP contribution in [0.1, 0.15) is 59.4 Å². The van der Waals surface area contributed by atoms with Crippen molar-refractivity contribution in [1.82, 2.24) is 10.3 Å². The normalized spacial score (nSPS) is 15.2. The number of carboxylic acids is 1. The van der Waals surface area contributed by atoms with E-state index in [1.807, 2.05) is 0 Å². The van der Waals surface area contributed by atoms with Crippen molar-refractivity contribution in [3.8, 4) is 0 Å². The van der Waals surface area contributed by atoms with Crippen molar-refractivity contribution in [2.45, 2.75) is 38.5 Å². The minimum atomic E-state index is -1.13. The van der Waals surface area contributed by atoms with Crippen LogP contribution in [0.2, 0.25) is 0 Å². The predicted molar refractivity (Wildman–Crippen MR) is 74.7 cm³/mol. The highest BCUT2D eigenvalue weighted by Gasteiger charge is 2.18. The number of amides is 1. The number of carbonyl (C=O) groups is 2. The molecule has 108 valence electrons. The lowest BCUT2D eigenvalue weighted by Gasteiger charge is -2.09. The first kappa shape index (κ1) is 14.5. The number of rotatable bonds is 6. The maximum Gasteiger partial charge on any atom is 0.338 e. The highest BCUT2D eigenvalue weighted by molar-refractivity contribution is 6.03. The minimum absolute atomic E-state index is 0.0131. The fraction of sp³-hybridized carbons (Fsp3) is 0.533. The van der Waals surface area contributed by atoms with E-state index in [0.29, 0.717) is 6.54 Å². The van der Waals surface area contributed by atoms with Crippen LogP contribution in [0.4, 0.5) is 0 Å². The molecule has 0 spiro atoms. The molecule has 1 aliphatic rings. The molecule has 1 amide bonds. The van der Waals surface area contributed by atoms with Gasteiger partial charge in [-0.05, 0) is 30.9 Å². The Labute approximate surface area is 118 Å². The first-order valence-corrected chi connectivity index (χ1v) is 7.15. The van der Waals surface area contributed by atoms with Gasteiger partial charge in [-0.25, -0.2) is 4.79 Å². The summed E-state index contributed by atoms with van der Waals surface area (Å²) in [7, 11) is 0. The predicted octanol–water partition coefficient (Wildman–Crippen LogP) is 2.48. The van der Waals surface area contributed by atoms with Gasteiger partial charge in [0.05, 0.1) is 5.56 Å². The van der Waals surface area contributed by atoms with E-state index in [2.05, 4.69) is 10.3 Å². The number of hydrogen-bond donors (Lipinski definition) is 2. The summed E-state index contributed by atoms with van der Waals surface area (Å²) in [4.78, 5) is 26.8. The van der Waals surface area contributed by atoms with E-state index < -0.39 is 11.9 Å². The van der Waals surface area contributed by atoms with Crippen LogP contribution in [-0.2, 0) is 0 Å². The van der Waals surface area contributed by atoms with Gasteiger partial charge >= 0.3 is 5.97 Å². The van der Waals surface area contributed by atoms with E-state index in [-0.39, 0.29) is 11.3 Å². The molecule has 5 nitrogen and oxygen atoms in total. The Hall–Kier alpha value is -1.91. The molecule has 0 atom stereocenters. The van der Waals surface area contributed by atoms with E-state index in [1.54, 1.807) is 0 Å². The monoisotopic (exact) mass is 276 g/mol. The second-order valence-corrected chi connectivity index (χ2v) is 5.25. The Kier molecular flexibility index (Phi) is 5.09. The Morgan fingerprint density at radius 1 is 1.35 bits per heavy atom. The number of aromatic nitrogens is 1. The van der Waals surface area contributed by atoms with Gasteiger partial charge in [0.25, 0.3) is 5.91 Å². The molecule has 0 aromatic carbocycles. The van der Waals surface area contributed by atoms with Gasteiger partial charge in [-0.15, -0.1) is 0 Å². The number of carboxylic acid groups (broad SMARTS) is 1. The molecule has 2 N–H and O–H groups in total. The lowest BCUT2D eigenvalue weighted by Crippen LogP contribution is -2.27. The summed E-state index contributed by atoms with van der Waals surface area (Å²) in [5, 5.41) is 11.8. The average molecular weight is 276 g/mol. The molecule has 0 unspecified atom stereocenters. The minimum Gasteiger partial charge on any atom is -0.478 e. The molecular formula is C15H20N2O3. The van der Waals surface area contributed by atoms with Crippen LogP contribution in [0.25, 0.3) is 0 Å². The first-order valence-electron chi connectivity index (χ1n) is 7.15. The summed E-state index contributed by atoms with van der Waals surface area (Å²) in [5.74, 6) is -0.736. The van der Waals surface area contributed by atoms with Crippen molar-refractivity contribution in [1.29, 1.82) is 0 Å². The molecule has 1 aliphatic carbocycles. The molecule has 1 aromatic heterocycles. The highest BCUT2D eigenvalue weighted by atomic mass is 16.4. The van der Waals surface area contributed by atoms with Crippen molar-refractivity contribution >= 4 is 11.9 Å². The van der Waals surface area contributed by atoms with Crippen LogP contribution in [0.15, 0.2) is 18.3 Å². The van der Waals surface area contributed by atoms with E-state index in [1.165, 1.54) is 44.0 Å². The molecule has 0 saturated heterocycles. The van der Waals surface area contributed by atoms with Crippen LogP contribution in [-0.4, -0.2) is 28.5 Å². The SMILES string of the molecule is O=C(O)c1cccnc1C(=O)NCCCC1CCCC1. The molecule has 20 heavy (non-hydrogen) atoms. The Morgan fingerprint density at radius 3 is 2.80 bits per heavy atom. The fourth-order valence-corrected chi connectivity index (χ4v) is 2.73. The average Bonchev–Trinajstić information content (AvgIpc) is 2.96. The molecule has 0 radical (unpaired) electrons. The van der Waals surface area contributed by atoms with Crippen molar-refractivity contribution in [3.63, 3.8) is 0 Å². The number of nitrogens with one attached hydrogen (secondary N) is 1. The maximum atomic E-state index is 11.9. The quantitative estimate of drug-likeness (QED) is 0.782. The van der Waals surface area contributed by atoms with Crippen molar-refractivity contribution in [2.24, 2.45) is 5.92 Å². The van der Waals surface area contributed by atoms with Gasteiger partial charge in [0, 0.05) is 12.7 Å². The molecule has 0 aliphatic heterocycles. The number of pyridine rings is 1. The van der Waals surface area contributed by atoms with Crippen LogP contribution in [0.5, 0.6) is 0 Å². The van der Waals surface area contributed by atoms with Crippen molar-refractivity contribution in [2.75, 3.05) is 6.54 Å². The smallest absolute Gasteiger partial charge is 0.338 e. The molecule has 1 saturated carbocycles. The van der Waals surface area contributed by atoms with Gasteiger partial charge < -0.3 is 10.4 Å². The molecule has 1 aromatic rings. The summed E-state index contributed by atoms with van der Waals surface area (Å²) >= 11 is 0. The standard InChI is InChI=1S/C15H20N2O3/c18-14(13-12(15(19)20)8-4-9-16-13)17-10-3-7-11-5-1-2-6-11/h4,8-9,11H,1-3,5-7,10H2,(H,17,18)(H,19,20). The lowest BCUT2D eigenvalue weighted by molar-refractivity contribution is 0.0690. The van der Waals surface area contributed by atoms with E-state index in [0.717, 1.165) is 18.8 Å². The topological polar surface area (TPSA) is 79.3 Å². The van der Waals surface area contributed by atoms with Gasteiger partial charge in [0.15, 0.2) is 0 Å². The largest absolute Gasteiger partial charge is 0.478 e. The zero-order valence-corrected chi connectivity index (χ0v) is 11.5. The van der Waals surface area contributed by atoms with Crippen LogP contribution in [0, 0.1) is 5.92 Å². The van der Waals surface area contributed by atoms with Gasteiger partial charge in [0.2, 0.25) is 0 Å². The highest BCUT2D eigenvalue weighted by Crippen LogP contribution is 2.28. The molecule has 1 heterocycles. The molecule has 0 bridgehead atoms. The zero-order valence-electron chi connectivity index (χ0n) is 11.5. The molecule has 1 fully saturated rings. The Balaban J connectivity index is 1.81. The third kappa shape index (κ3) is 3.79. The second-order valence-electron chi connectivity index (χ2n) is 5.25. The van der Waals surface area contributed by atoms with Crippen LogP contribution < -0.4 is 5.32 Å². The van der Waals surface area contributed by atoms with E-state index in [4.69, 9.17) is 5.11 Å². The summed E-state index contributed by atoms with van der Waals surface area (Å²) in [5.41, 5.74) is -0.0679. The maximum absolute atomic E-state index is 11.9. The summed E-state index contributed by atoms with van der Waals surface area (Å²) in [6.45, 7) is 0.574. The number of hydrogen-bond acceptors (Lipinski definition) is 3. The Bertz CT molecular complexity index is 482. The van der Waals surface area contributed by atoms with Gasteiger partial charge in [-0.3, -0.25) is 9.78 Å². The zero-order chi connectivity index (χ0) is 14.4. The molecule has 5 heteroatoms. The van der Waals surface area contributed by atoms with Crippen molar-refractivity contribution < 1.29 is 14.7 Å². The van der Waals surface area contributed by atoms with E-state index >= 15 is 0 Å². The van der Waals surface area contributed by atoms with Crippen LogP contribution >= 0.6 is 0 Å². The Morgan fingerprint density at radius 2 is 2.10 bits per heavy atom. The van der Waals surface area contributed by atoms with Crippen molar-refractivity contribution in [3.05, 3.63) is 29.6 Å². The summed E-state index contributed by atoms with van der Waals surface area (Å²) < 4.78 is 0. The molecular weight excluding hydrogens is 256 g/mol.